The molecule has 1 heterocycles. The number of halogens is 1. The van der Waals surface area contributed by atoms with Crippen LogP contribution >= 0.6 is 11.6 Å². The zero-order valence-electron chi connectivity index (χ0n) is 8.79. The van der Waals surface area contributed by atoms with Crippen LogP contribution in [0.3, 0.4) is 0 Å². The van der Waals surface area contributed by atoms with E-state index in [0.29, 0.717) is 0 Å². The van der Waals surface area contributed by atoms with E-state index in [4.69, 9.17) is 16.3 Å². The van der Waals surface area contributed by atoms with Crippen LogP contribution in [0.25, 0.3) is 0 Å². The third kappa shape index (κ3) is 2.46. The highest BCUT2D eigenvalue weighted by Gasteiger charge is 2.16. The van der Waals surface area contributed by atoms with E-state index in [0.717, 1.165) is 6.07 Å². The summed E-state index contributed by atoms with van der Waals surface area (Å²) in [5, 5.41) is 16.5. The van der Waals surface area contributed by atoms with Crippen molar-refractivity contribution in [3.8, 4) is 5.88 Å². The Morgan fingerprint density at radius 3 is 2.78 bits per heavy atom. The number of carbonyl (C=O) groups excluding carboxylic acids is 1. The molecule has 18 heavy (non-hydrogen) atoms. The average Bonchev–Trinajstić information content (AvgIpc) is 2.81. The van der Waals surface area contributed by atoms with E-state index in [1.54, 1.807) is 0 Å². The summed E-state index contributed by atoms with van der Waals surface area (Å²) in [6.45, 7) is 0. The van der Waals surface area contributed by atoms with Crippen LogP contribution in [0.15, 0.2) is 30.5 Å². The number of hydrogen-bond acceptors (Lipinski definition) is 5. The van der Waals surface area contributed by atoms with E-state index >= 15 is 0 Å². The van der Waals surface area contributed by atoms with Crippen molar-refractivity contribution < 1.29 is 14.5 Å². The van der Waals surface area contributed by atoms with E-state index in [9.17, 15) is 14.9 Å². The summed E-state index contributed by atoms with van der Waals surface area (Å²) in [6.07, 6.45) is 1.42. The number of H-pyrrole nitrogens is 1. The van der Waals surface area contributed by atoms with Gasteiger partial charge in [0.05, 0.1) is 21.7 Å². The zero-order chi connectivity index (χ0) is 13.1. The van der Waals surface area contributed by atoms with Gasteiger partial charge in [0, 0.05) is 18.2 Å². The highest BCUT2D eigenvalue weighted by molar-refractivity contribution is 6.33. The second-order valence-corrected chi connectivity index (χ2v) is 3.64. The normalized spacial score (nSPS) is 10.1. The fourth-order valence-corrected chi connectivity index (χ4v) is 1.49. The molecule has 0 amide bonds. The van der Waals surface area contributed by atoms with Crippen molar-refractivity contribution >= 4 is 23.3 Å². The highest BCUT2D eigenvalue weighted by Crippen LogP contribution is 2.23. The molecule has 8 heteroatoms. The Kier molecular flexibility index (Phi) is 3.24. The minimum atomic E-state index is -0.723. The van der Waals surface area contributed by atoms with E-state index in [1.165, 1.54) is 24.4 Å². The lowest BCUT2D eigenvalue weighted by molar-refractivity contribution is -0.384. The minimum Gasteiger partial charge on any atom is -0.404 e. The number of esters is 1. The Labute approximate surface area is 105 Å². The summed E-state index contributed by atoms with van der Waals surface area (Å²) in [7, 11) is 0. The van der Waals surface area contributed by atoms with Crippen molar-refractivity contribution in [1.82, 2.24) is 10.2 Å². The summed E-state index contributed by atoms with van der Waals surface area (Å²) in [4.78, 5) is 21.6. The van der Waals surface area contributed by atoms with Crippen LogP contribution in [0, 0.1) is 10.1 Å². The molecule has 7 nitrogen and oxygen atoms in total. The molecule has 2 rings (SSSR count). The SMILES string of the molecule is O=C(Oc1ccn[nH]1)c1ccc([N+](=O)[O-])cc1Cl. The first-order valence-electron chi connectivity index (χ1n) is 4.73. The van der Waals surface area contributed by atoms with Crippen LogP contribution in [0.4, 0.5) is 5.69 Å². The van der Waals surface area contributed by atoms with E-state index < -0.39 is 10.9 Å². The highest BCUT2D eigenvalue weighted by atomic mass is 35.5. The van der Waals surface area contributed by atoms with Gasteiger partial charge in [0.1, 0.15) is 0 Å². The molecule has 0 aliphatic carbocycles. The number of benzene rings is 1. The van der Waals surface area contributed by atoms with Gasteiger partial charge in [-0.3, -0.25) is 10.1 Å². The lowest BCUT2D eigenvalue weighted by atomic mass is 10.2. The first kappa shape index (κ1) is 12.1. The molecule has 0 fully saturated rings. The van der Waals surface area contributed by atoms with Gasteiger partial charge in [0.2, 0.25) is 5.88 Å². The predicted molar refractivity (Wildman–Crippen MR) is 61.7 cm³/mol. The number of aromatic nitrogens is 2. The van der Waals surface area contributed by atoms with Crippen LogP contribution in [-0.2, 0) is 0 Å². The Balaban J connectivity index is 2.23. The maximum absolute atomic E-state index is 11.7. The van der Waals surface area contributed by atoms with E-state index in [1.807, 2.05) is 0 Å². The molecule has 0 radical (unpaired) electrons. The topological polar surface area (TPSA) is 98.1 Å². The van der Waals surface area contributed by atoms with Gasteiger partial charge >= 0.3 is 5.97 Å². The van der Waals surface area contributed by atoms with Crippen molar-refractivity contribution in [3.63, 3.8) is 0 Å². The molecule has 0 atom stereocenters. The molecule has 0 unspecified atom stereocenters. The smallest absolute Gasteiger partial charge is 0.346 e. The van der Waals surface area contributed by atoms with Gasteiger partial charge in [-0.25, -0.2) is 9.89 Å². The first-order valence-corrected chi connectivity index (χ1v) is 5.11. The lowest BCUT2D eigenvalue weighted by Gasteiger charge is -2.03. The summed E-state index contributed by atoms with van der Waals surface area (Å²) < 4.78 is 4.91. The van der Waals surface area contributed by atoms with Gasteiger partial charge < -0.3 is 4.74 Å². The number of carbonyl (C=O) groups is 1. The van der Waals surface area contributed by atoms with Crippen molar-refractivity contribution in [1.29, 1.82) is 0 Å². The van der Waals surface area contributed by atoms with Crippen LogP contribution in [-0.4, -0.2) is 21.1 Å². The monoisotopic (exact) mass is 267 g/mol. The molecule has 1 N–H and O–H groups in total. The number of non-ortho nitro benzene ring substituents is 1. The Morgan fingerprint density at radius 1 is 1.44 bits per heavy atom. The van der Waals surface area contributed by atoms with Crippen molar-refractivity contribution in [2.45, 2.75) is 0 Å². The number of nitrogens with zero attached hydrogens (tertiary/aromatic N) is 2. The molecule has 0 saturated heterocycles. The van der Waals surface area contributed by atoms with Gasteiger partial charge in [-0.15, -0.1) is 0 Å². The second kappa shape index (κ2) is 4.84. The molecule has 0 aliphatic heterocycles. The number of nitrogens with one attached hydrogen (secondary N) is 1. The summed E-state index contributed by atoms with van der Waals surface area (Å²) >= 11 is 5.78. The minimum absolute atomic E-state index is 0.0388. The largest absolute Gasteiger partial charge is 0.404 e. The molecular weight excluding hydrogens is 262 g/mol. The molecule has 2 aromatic rings. The van der Waals surface area contributed by atoms with Crippen LogP contribution in [0.1, 0.15) is 10.4 Å². The number of hydrogen-bond donors (Lipinski definition) is 1. The Morgan fingerprint density at radius 2 is 2.22 bits per heavy atom. The van der Waals surface area contributed by atoms with Crippen LogP contribution < -0.4 is 4.74 Å². The number of aromatic amines is 1. The zero-order valence-corrected chi connectivity index (χ0v) is 9.55. The number of nitro groups is 1. The molecular formula is C10H6ClN3O4. The molecule has 1 aromatic heterocycles. The van der Waals surface area contributed by atoms with Gasteiger partial charge in [-0.1, -0.05) is 11.6 Å². The predicted octanol–water partition coefficient (Wildman–Crippen LogP) is 2.19. The van der Waals surface area contributed by atoms with Gasteiger partial charge in [-0.05, 0) is 6.07 Å². The standard InChI is InChI=1S/C10H6ClN3O4/c11-8-5-6(14(16)17)1-2-7(8)10(15)18-9-3-4-12-13-9/h1-5H,(H,12,13). The lowest BCUT2D eigenvalue weighted by Crippen LogP contribution is -2.09. The fraction of sp³-hybridized carbons (Fsp3) is 0. The van der Waals surface area contributed by atoms with Gasteiger partial charge in [0.15, 0.2) is 0 Å². The van der Waals surface area contributed by atoms with E-state index in [-0.39, 0.29) is 22.2 Å². The maximum Gasteiger partial charge on any atom is 0.346 e. The summed E-state index contributed by atoms with van der Waals surface area (Å²) in [5.74, 6) is -0.562. The van der Waals surface area contributed by atoms with Crippen LogP contribution in [0.5, 0.6) is 5.88 Å². The number of rotatable bonds is 3. The van der Waals surface area contributed by atoms with Crippen molar-refractivity contribution in [3.05, 3.63) is 51.2 Å². The summed E-state index contributed by atoms with van der Waals surface area (Å²) in [6, 6.07) is 4.96. The Bertz CT molecular complexity index is 597. The molecule has 1 aromatic carbocycles. The fourth-order valence-electron chi connectivity index (χ4n) is 1.24. The molecule has 0 bridgehead atoms. The van der Waals surface area contributed by atoms with Gasteiger partial charge in [-0.2, -0.15) is 5.10 Å². The molecule has 92 valence electrons. The number of nitro benzene ring substituents is 1. The average molecular weight is 268 g/mol. The Hall–Kier alpha value is -2.41. The van der Waals surface area contributed by atoms with Crippen molar-refractivity contribution in [2.75, 3.05) is 0 Å². The quantitative estimate of drug-likeness (QED) is 0.522. The number of ether oxygens (including phenoxy) is 1. The molecule has 0 saturated carbocycles. The molecule has 0 spiro atoms. The second-order valence-electron chi connectivity index (χ2n) is 3.23. The third-order valence-corrected chi connectivity index (χ3v) is 2.37. The maximum atomic E-state index is 11.7. The van der Waals surface area contributed by atoms with Crippen molar-refractivity contribution in [2.24, 2.45) is 0 Å². The third-order valence-electron chi connectivity index (χ3n) is 2.06. The first-order chi connectivity index (χ1) is 8.58. The van der Waals surface area contributed by atoms with E-state index in [2.05, 4.69) is 10.2 Å². The van der Waals surface area contributed by atoms with Crippen LogP contribution in [0.2, 0.25) is 5.02 Å². The van der Waals surface area contributed by atoms with Gasteiger partial charge in [0.25, 0.3) is 5.69 Å². The molecule has 0 aliphatic rings. The summed E-state index contributed by atoms with van der Waals surface area (Å²) in [5.41, 5.74) is -0.157.